The molecule has 1 atom stereocenters. The lowest BCUT2D eigenvalue weighted by Gasteiger charge is -2.44. The van der Waals surface area contributed by atoms with Crippen molar-refractivity contribution in [2.45, 2.75) is 37.0 Å². The standard InChI is InChI=1S/C26H32N2O4S/c1-4-23(19-8-6-5-7-9-19)25(30)27-12-10-26(11-13-27)28(14-15-33-26)24(29)20-16-21(31-2)18-22(17-20)32-3/h5-9,16-18,23H,4,10-15H2,1-3H3. The highest BCUT2D eigenvalue weighted by molar-refractivity contribution is 8.00. The van der Waals surface area contributed by atoms with Crippen LogP contribution in [0, 0.1) is 0 Å². The minimum absolute atomic E-state index is 0.00676. The van der Waals surface area contributed by atoms with E-state index in [1.807, 2.05) is 51.9 Å². The van der Waals surface area contributed by atoms with Crippen LogP contribution in [0.1, 0.15) is 48.0 Å². The summed E-state index contributed by atoms with van der Waals surface area (Å²) in [5, 5.41) is 0. The van der Waals surface area contributed by atoms with Gasteiger partial charge in [-0.05, 0) is 37.0 Å². The molecule has 33 heavy (non-hydrogen) atoms. The van der Waals surface area contributed by atoms with E-state index in [1.165, 1.54) is 0 Å². The van der Waals surface area contributed by atoms with Gasteiger partial charge in [-0.2, -0.15) is 0 Å². The molecule has 2 aliphatic heterocycles. The Morgan fingerprint density at radius 2 is 1.64 bits per heavy atom. The first kappa shape index (κ1) is 23.5. The number of nitrogens with zero attached hydrogens (tertiary/aromatic N) is 2. The van der Waals surface area contributed by atoms with Crippen LogP contribution in [0.15, 0.2) is 48.5 Å². The number of ether oxygens (including phenoxy) is 2. The van der Waals surface area contributed by atoms with Crippen LogP contribution in [-0.4, -0.2) is 66.1 Å². The lowest BCUT2D eigenvalue weighted by Crippen LogP contribution is -2.54. The van der Waals surface area contributed by atoms with Gasteiger partial charge in [0.15, 0.2) is 0 Å². The second kappa shape index (κ2) is 10.1. The van der Waals surface area contributed by atoms with Gasteiger partial charge in [-0.25, -0.2) is 0 Å². The normalized spacial score (nSPS) is 18.3. The molecule has 0 saturated carbocycles. The third-order valence-electron chi connectivity index (χ3n) is 6.79. The van der Waals surface area contributed by atoms with Crippen molar-refractivity contribution in [2.75, 3.05) is 39.6 Å². The second-order valence-corrected chi connectivity index (χ2v) is 10.0. The Hall–Kier alpha value is -2.67. The highest BCUT2D eigenvalue weighted by Crippen LogP contribution is 2.45. The Morgan fingerprint density at radius 3 is 2.21 bits per heavy atom. The molecule has 1 unspecified atom stereocenters. The molecule has 6 nitrogen and oxygen atoms in total. The lowest BCUT2D eigenvalue weighted by molar-refractivity contribution is -0.134. The van der Waals surface area contributed by atoms with Gasteiger partial charge in [0.05, 0.1) is 25.0 Å². The number of amides is 2. The average Bonchev–Trinajstić information content (AvgIpc) is 3.27. The molecule has 0 aliphatic carbocycles. The Labute approximate surface area is 200 Å². The molecule has 0 aromatic heterocycles. The summed E-state index contributed by atoms with van der Waals surface area (Å²) in [7, 11) is 3.17. The van der Waals surface area contributed by atoms with Crippen molar-refractivity contribution < 1.29 is 19.1 Å². The highest BCUT2D eigenvalue weighted by Gasteiger charge is 2.47. The monoisotopic (exact) mass is 468 g/mol. The zero-order valence-corrected chi connectivity index (χ0v) is 20.4. The third kappa shape index (κ3) is 4.69. The van der Waals surface area contributed by atoms with E-state index in [4.69, 9.17) is 9.47 Å². The maximum atomic E-state index is 13.5. The van der Waals surface area contributed by atoms with Gasteiger partial charge in [-0.1, -0.05) is 37.3 Å². The molecule has 2 aromatic carbocycles. The van der Waals surface area contributed by atoms with Crippen LogP contribution < -0.4 is 9.47 Å². The minimum atomic E-state index is -0.265. The van der Waals surface area contributed by atoms with Crippen molar-refractivity contribution in [1.82, 2.24) is 9.80 Å². The first-order chi connectivity index (χ1) is 16.0. The molecule has 2 fully saturated rings. The zero-order chi connectivity index (χ0) is 23.4. The van der Waals surface area contributed by atoms with E-state index in [-0.39, 0.29) is 22.6 Å². The van der Waals surface area contributed by atoms with Gasteiger partial charge < -0.3 is 19.3 Å². The van der Waals surface area contributed by atoms with Gasteiger partial charge in [-0.15, -0.1) is 11.8 Å². The number of carbonyl (C=O) groups excluding carboxylic acids is 2. The Kier molecular flexibility index (Phi) is 7.17. The van der Waals surface area contributed by atoms with Crippen LogP contribution in [0.5, 0.6) is 11.5 Å². The number of hydrogen-bond donors (Lipinski definition) is 0. The van der Waals surface area contributed by atoms with Gasteiger partial charge in [0.25, 0.3) is 5.91 Å². The van der Waals surface area contributed by atoms with Crippen molar-refractivity contribution in [3.05, 3.63) is 59.7 Å². The maximum absolute atomic E-state index is 13.5. The van der Waals surface area contributed by atoms with Gasteiger partial charge in [0, 0.05) is 37.0 Å². The summed E-state index contributed by atoms with van der Waals surface area (Å²) in [4.78, 5) is 30.6. The van der Waals surface area contributed by atoms with Gasteiger partial charge in [0.1, 0.15) is 11.5 Å². The molecule has 4 rings (SSSR count). The predicted octanol–water partition coefficient (Wildman–Crippen LogP) is 4.41. The van der Waals surface area contributed by atoms with E-state index < -0.39 is 0 Å². The molecule has 1 spiro atoms. The van der Waals surface area contributed by atoms with Crippen LogP contribution in [0.25, 0.3) is 0 Å². The molecule has 0 N–H and O–H groups in total. The summed E-state index contributed by atoms with van der Waals surface area (Å²) in [5.74, 6) is 2.18. The molecule has 2 aromatic rings. The summed E-state index contributed by atoms with van der Waals surface area (Å²) in [6.07, 6.45) is 2.34. The van der Waals surface area contributed by atoms with Crippen LogP contribution in [0.4, 0.5) is 0 Å². The molecule has 0 bridgehead atoms. The molecule has 7 heteroatoms. The van der Waals surface area contributed by atoms with Crippen molar-refractivity contribution in [3.63, 3.8) is 0 Å². The van der Waals surface area contributed by atoms with Crippen molar-refractivity contribution in [2.24, 2.45) is 0 Å². The van der Waals surface area contributed by atoms with E-state index in [0.29, 0.717) is 36.7 Å². The molecule has 2 saturated heterocycles. The molecule has 2 heterocycles. The quantitative estimate of drug-likeness (QED) is 0.629. The average molecular weight is 469 g/mol. The number of benzene rings is 2. The van der Waals surface area contributed by atoms with Crippen molar-refractivity contribution in [1.29, 1.82) is 0 Å². The zero-order valence-electron chi connectivity index (χ0n) is 19.6. The van der Waals surface area contributed by atoms with E-state index in [0.717, 1.165) is 30.6 Å². The Morgan fingerprint density at radius 1 is 1.00 bits per heavy atom. The van der Waals surface area contributed by atoms with Crippen molar-refractivity contribution in [3.8, 4) is 11.5 Å². The van der Waals surface area contributed by atoms with Crippen molar-refractivity contribution >= 4 is 23.6 Å². The first-order valence-electron chi connectivity index (χ1n) is 11.5. The number of hydrogen-bond acceptors (Lipinski definition) is 5. The number of likely N-dealkylation sites (tertiary alicyclic amines) is 1. The lowest BCUT2D eigenvalue weighted by atomic mass is 9.93. The van der Waals surface area contributed by atoms with E-state index in [2.05, 4.69) is 6.92 Å². The van der Waals surface area contributed by atoms with Crippen LogP contribution in [0.3, 0.4) is 0 Å². The Balaban J connectivity index is 1.48. The highest BCUT2D eigenvalue weighted by atomic mass is 32.2. The predicted molar refractivity (Wildman–Crippen MR) is 131 cm³/mol. The summed E-state index contributed by atoms with van der Waals surface area (Å²) in [6.45, 7) is 4.11. The first-order valence-corrected chi connectivity index (χ1v) is 12.5. The van der Waals surface area contributed by atoms with Gasteiger partial charge in [0.2, 0.25) is 5.91 Å². The SMILES string of the molecule is CCC(C(=O)N1CCC2(CC1)SCCN2C(=O)c1cc(OC)cc(OC)c1)c1ccccc1. The maximum Gasteiger partial charge on any atom is 0.255 e. The molecular formula is C26H32N2O4S. The fourth-order valence-electron chi connectivity index (χ4n) is 4.93. The Bertz CT molecular complexity index is 967. The van der Waals surface area contributed by atoms with Crippen LogP contribution in [-0.2, 0) is 4.79 Å². The van der Waals surface area contributed by atoms with E-state index in [1.54, 1.807) is 32.4 Å². The number of carbonyl (C=O) groups is 2. The summed E-state index contributed by atoms with van der Waals surface area (Å²) in [6, 6.07) is 15.3. The van der Waals surface area contributed by atoms with E-state index >= 15 is 0 Å². The largest absolute Gasteiger partial charge is 0.497 e. The molecule has 2 amide bonds. The molecular weight excluding hydrogens is 436 g/mol. The van der Waals surface area contributed by atoms with Crippen LogP contribution >= 0.6 is 11.8 Å². The van der Waals surface area contributed by atoms with Gasteiger partial charge >= 0.3 is 0 Å². The fraction of sp³-hybridized carbons (Fsp3) is 0.462. The number of rotatable bonds is 6. The van der Waals surface area contributed by atoms with E-state index in [9.17, 15) is 9.59 Å². The number of thioether (sulfide) groups is 1. The molecule has 2 aliphatic rings. The molecule has 0 radical (unpaired) electrons. The van der Waals surface area contributed by atoms with Gasteiger partial charge in [-0.3, -0.25) is 9.59 Å². The topological polar surface area (TPSA) is 59.1 Å². The number of piperidine rings is 1. The third-order valence-corrected chi connectivity index (χ3v) is 8.34. The summed E-state index contributed by atoms with van der Waals surface area (Å²) >= 11 is 1.85. The summed E-state index contributed by atoms with van der Waals surface area (Å²) < 4.78 is 10.7. The smallest absolute Gasteiger partial charge is 0.255 e. The number of methoxy groups -OCH3 is 2. The van der Waals surface area contributed by atoms with Crippen LogP contribution in [0.2, 0.25) is 0 Å². The molecule has 176 valence electrons. The minimum Gasteiger partial charge on any atom is -0.497 e. The fourth-order valence-corrected chi connectivity index (χ4v) is 6.39. The summed E-state index contributed by atoms with van der Waals surface area (Å²) in [5.41, 5.74) is 1.64. The second-order valence-electron chi connectivity index (χ2n) is 8.55.